The Kier molecular flexibility index (Phi) is 5.74. The second kappa shape index (κ2) is 7.55. The topological polar surface area (TPSA) is 93.0 Å². The molecule has 0 amide bonds. The average molecular weight is 366 g/mol. The maximum Gasteiger partial charge on any atom is 0.274 e. The fraction of sp³-hybridized carbons (Fsp3) is 0.200. The fourth-order valence-electron chi connectivity index (χ4n) is 1.35. The number of hydrogen-bond acceptors (Lipinski definition) is 8. The molecule has 0 atom stereocenters. The molecule has 0 fully saturated rings. The highest BCUT2D eigenvalue weighted by Crippen LogP contribution is 2.18. The summed E-state index contributed by atoms with van der Waals surface area (Å²) >= 11 is 14.1. The molecule has 0 bridgehead atoms. The summed E-state index contributed by atoms with van der Waals surface area (Å²) < 4.78 is 0.859. The molecular formula is C10H9Cl2N5O2S2. The van der Waals surface area contributed by atoms with Gasteiger partial charge < -0.3 is 10.6 Å². The van der Waals surface area contributed by atoms with Crippen molar-refractivity contribution in [3.05, 3.63) is 53.2 Å². The van der Waals surface area contributed by atoms with E-state index in [9.17, 15) is 10.1 Å². The van der Waals surface area contributed by atoms with Crippen LogP contribution >= 0.6 is 45.9 Å². The summed E-state index contributed by atoms with van der Waals surface area (Å²) in [5.41, 5.74) is 0. The van der Waals surface area contributed by atoms with Gasteiger partial charge in [-0.15, -0.1) is 22.7 Å². The lowest BCUT2D eigenvalue weighted by Crippen LogP contribution is -2.26. The maximum atomic E-state index is 10.6. The number of nitrogens with one attached hydrogen (secondary N) is 2. The minimum Gasteiger partial charge on any atom is -0.362 e. The van der Waals surface area contributed by atoms with Crippen LogP contribution in [0.1, 0.15) is 9.75 Å². The zero-order chi connectivity index (χ0) is 15.2. The highest BCUT2D eigenvalue weighted by molar-refractivity contribution is 7.16. The predicted octanol–water partition coefficient (Wildman–Crippen LogP) is 2.86. The second-order valence-electron chi connectivity index (χ2n) is 3.69. The number of halogens is 2. The van der Waals surface area contributed by atoms with Crippen molar-refractivity contribution in [1.82, 2.24) is 20.6 Å². The van der Waals surface area contributed by atoms with Gasteiger partial charge >= 0.3 is 0 Å². The number of rotatable bonds is 7. The van der Waals surface area contributed by atoms with Gasteiger partial charge in [-0.25, -0.2) is 9.97 Å². The van der Waals surface area contributed by atoms with Gasteiger partial charge in [-0.2, -0.15) is 0 Å². The van der Waals surface area contributed by atoms with Gasteiger partial charge in [-0.3, -0.25) is 10.1 Å². The third-order valence-electron chi connectivity index (χ3n) is 2.19. The molecule has 0 aliphatic rings. The minimum atomic E-state index is -0.533. The third kappa shape index (κ3) is 5.46. The summed E-state index contributed by atoms with van der Waals surface area (Å²) in [6.07, 6.45) is 4.10. The van der Waals surface area contributed by atoms with E-state index in [0.717, 1.165) is 16.0 Å². The van der Waals surface area contributed by atoms with Crippen LogP contribution in [0.25, 0.3) is 0 Å². The van der Waals surface area contributed by atoms with Gasteiger partial charge in [0.1, 0.15) is 0 Å². The standard InChI is InChI=1S/C10H9Cl2N5O2S2/c11-9-15-3-6(20-9)1-13-8(5-17(18)19)14-2-7-4-16-10(12)21-7/h3-5,13-14H,1-2H2. The van der Waals surface area contributed by atoms with Gasteiger partial charge in [0.15, 0.2) is 14.8 Å². The van der Waals surface area contributed by atoms with Gasteiger partial charge in [-0.1, -0.05) is 23.2 Å². The van der Waals surface area contributed by atoms with E-state index in [1.54, 1.807) is 12.4 Å². The lowest BCUT2D eigenvalue weighted by atomic mass is 10.5. The van der Waals surface area contributed by atoms with Gasteiger partial charge in [0, 0.05) is 22.1 Å². The van der Waals surface area contributed by atoms with Crippen LogP contribution in [0.3, 0.4) is 0 Å². The average Bonchev–Trinajstić information content (AvgIpc) is 3.01. The van der Waals surface area contributed by atoms with Crippen LogP contribution < -0.4 is 10.6 Å². The van der Waals surface area contributed by atoms with Crippen molar-refractivity contribution in [2.75, 3.05) is 0 Å². The molecule has 112 valence electrons. The van der Waals surface area contributed by atoms with E-state index in [1.807, 2.05) is 0 Å². The van der Waals surface area contributed by atoms with Gasteiger partial charge in [0.25, 0.3) is 6.20 Å². The predicted molar refractivity (Wildman–Crippen MR) is 83.0 cm³/mol. The SMILES string of the molecule is O=[N+]([O-])C=C(NCc1cnc(Cl)s1)NCc1cnc(Cl)s1. The molecule has 2 heterocycles. The number of nitrogens with zero attached hydrogens (tertiary/aromatic N) is 3. The molecule has 2 aromatic rings. The van der Waals surface area contributed by atoms with E-state index in [1.165, 1.54) is 22.7 Å². The van der Waals surface area contributed by atoms with Crippen molar-refractivity contribution < 1.29 is 4.92 Å². The maximum absolute atomic E-state index is 10.6. The summed E-state index contributed by atoms with van der Waals surface area (Å²) in [6, 6.07) is 0. The monoisotopic (exact) mass is 365 g/mol. The van der Waals surface area contributed by atoms with Crippen molar-refractivity contribution in [3.8, 4) is 0 Å². The summed E-state index contributed by atoms with van der Waals surface area (Å²) in [7, 11) is 0. The van der Waals surface area contributed by atoms with Crippen molar-refractivity contribution in [1.29, 1.82) is 0 Å². The first-order valence-electron chi connectivity index (χ1n) is 5.56. The molecule has 0 aliphatic heterocycles. The zero-order valence-electron chi connectivity index (χ0n) is 10.4. The lowest BCUT2D eigenvalue weighted by molar-refractivity contribution is -0.404. The van der Waals surface area contributed by atoms with E-state index in [2.05, 4.69) is 20.6 Å². The first-order valence-corrected chi connectivity index (χ1v) is 7.95. The molecule has 0 saturated carbocycles. The third-order valence-corrected chi connectivity index (χ3v) is 4.42. The number of hydrogen-bond donors (Lipinski definition) is 2. The highest BCUT2D eigenvalue weighted by atomic mass is 35.5. The van der Waals surface area contributed by atoms with Gasteiger partial charge in [0.05, 0.1) is 18.0 Å². The first-order chi connectivity index (χ1) is 10.0. The Morgan fingerprint density at radius 1 is 1.19 bits per heavy atom. The van der Waals surface area contributed by atoms with Crippen LogP contribution in [-0.2, 0) is 13.1 Å². The zero-order valence-corrected chi connectivity index (χ0v) is 13.5. The fourth-order valence-corrected chi connectivity index (χ4v) is 3.19. The van der Waals surface area contributed by atoms with Crippen LogP contribution in [0.4, 0.5) is 0 Å². The Labute approximate surface area is 137 Å². The summed E-state index contributed by atoms with van der Waals surface area (Å²) in [6.45, 7) is 0.779. The van der Waals surface area contributed by atoms with Crippen molar-refractivity contribution >= 4 is 45.9 Å². The Bertz CT molecular complexity index is 611. The second-order valence-corrected chi connectivity index (χ2v) is 7.09. The van der Waals surface area contributed by atoms with E-state index in [0.29, 0.717) is 22.0 Å². The number of aromatic nitrogens is 2. The normalized spacial score (nSPS) is 10.2. The molecule has 7 nitrogen and oxygen atoms in total. The molecule has 2 N–H and O–H groups in total. The molecule has 0 aliphatic carbocycles. The van der Waals surface area contributed by atoms with E-state index in [-0.39, 0.29) is 5.82 Å². The Morgan fingerprint density at radius 2 is 1.67 bits per heavy atom. The Morgan fingerprint density at radius 3 is 2.00 bits per heavy atom. The highest BCUT2D eigenvalue weighted by Gasteiger charge is 2.06. The molecule has 0 saturated heterocycles. The van der Waals surface area contributed by atoms with Crippen LogP contribution in [0.2, 0.25) is 8.93 Å². The van der Waals surface area contributed by atoms with Crippen LogP contribution in [0.15, 0.2) is 24.4 Å². The van der Waals surface area contributed by atoms with Gasteiger partial charge in [0.2, 0.25) is 0 Å². The Balaban J connectivity index is 1.93. The van der Waals surface area contributed by atoms with Crippen LogP contribution in [0.5, 0.6) is 0 Å². The smallest absolute Gasteiger partial charge is 0.274 e. The number of nitro groups is 1. The molecular weight excluding hydrogens is 357 g/mol. The van der Waals surface area contributed by atoms with Gasteiger partial charge in [-0.05, 0) is 0 Å². The van der Waals surface area contributed by atoms with Crippen LogP contribution in [-0.4, -0.2) is 14.9 Å². The molecule has 2 aromatic heterocycles. The molecule has 0 radical (unpaired) electrons. The van der Waals surface area contributed by atoms with Crippen molar-refractivity contribution in [2.24, 2.45) is 0 Å². The molecule has 11 heteroatoms. The molecule has 2 rings (SSSR count). The quantitative estimate of drug-likeness (QED) is 0.578. The summed E-state index contributed by atoms with van der Waals surface area (Å²) in [5.74, 6) is 0.286. The lowest BCUT2D eigenvalue weighted by Gasteiger charge is -2.09. The molecule has 21 heavy (non-hydrogen) atoms. The van der Waals surface area contributed by atoms with E-state index >= 15 is 0 Å². The minimum absolute atomic E-state index is 0.286. The van der Waals surface area contributed by atoms with Crippen molar-refractivity contribution in [3.63, 3.8) is 0 Å². The largest absolute Gasteiger partial charge is 0.362 e. The van der Waals surface area contributed by atoms with Crippen molar-refractivity contribution in [2.45, 2.75) is 13.1 Å². The van der Waals surface area contributed by atoms with E-state index < -0.39 is 4.92 Å². The molecule has 0 spiro atoms. The summed E-state index contributed by atoms with van der Waals surface area (Å²) in [4.78, 5) is 19.6. The first kappa shape index (κ1) is 16.0. The Hall–Kier alpha value is -1.42. The van der Waals surface area contributed by atoms with E-state index in [4.69, 9.17) is 23.2 Å². The summed E-state index contributed by atoms with van der Waals surface area (Å²) in [5, 5.41) is 16.5. The number of thiazole rings is 2. The van der Waals surface area contributed by atoms with Crippen LogP contribution in [0, 0.1) is 10.1 Å². The molecule has 0 unspecified atom stereocenters. The molecule has 0 aromatic carbocycles.